The zero-order chi connectivity index (χ0) is 27.7. The highest BCUT2D eigenvalue weighted by molar-refractivity contribution is 5.74. The van der Waals surface area contributed by atoms with E-state index in [4.69, 9.17) is 19.3 Å². The van der Waals surface area contributed by atoms with E-state index in [1.165, 1.54) is 0 Å². The SMILES string of the molecule is COCc1nn(C)c2c1-c1cnc3cnc(n3c1)/C=C/c1c(OC(C)C)nn(C[C@H](C)O)c1CNC[C@H](C)O2. The van der Waals surface area contributed by atoms with Crippen molar-refractivity contribution in [3.05, 3.63) is 41.4 Å². The van der Waals surface area contributed by atoms with Crippen molar-refractivity contribution in [3.63, 3.8) is 0 Å². The fourth-order valence-corrected chi connectivity index (χ4v) is 4.71. The number of imidazole rings is 1. The normalized spacial score (nSPS) is 17.4. The summed E-state index contributed by atoms with van der Waals surface area (Å²) in [5, 5.41) is 23.0. The molecule has 39 heavy (non-hydrogen) atoms. The van der Waals surface area contributed by atoms with Crippen LogP contribution < -0.4 is 14.8 Å². The van der Waals surface area contributed by atoms with Gasteiger partial charge in [-0.25, -0.2) is 14.6 Å². The maximum absolute atomic E-state index is 10.2. The number of hydrogen-bond donors (Lipinski definition) is 2. The molecule has 2 atom stereocenters. The number of aliphatic hydroxyl groups is 1. The van der Waals surface area contributed by atoms with Gasteiger partial charge in [0.05, 0.1) is 48.4 Å². The molecule has 2 N–H and O–H groups in total. The molecule has 2 bridgehead atoms. The molecule has 1 aliphatic rings. The molecular weight excluding hydrogens is 500 g/mol. The molecule has 0 radical (unpaired) electrons. The maximum atomic E-state index is 10.2. The van der Waals surface area contributed by atoms with Gasteiger partial charge in [0, 0.05) is 45.2 Å². The molecule has 4 aromatic heterocycles. The summed E-state index contributed by atoms with van der Waals surface area (Å²) in [7, 11) is 3.51. The lowest BCUT2D eigenvalue weighted by Crippen LogP contribution is -2.30. The molecule has 0 aromatic carbocycles. The van der Waals surface area contributed by atoms with E-state index in [-0.39, 0.29) is 12.2 Å². The number of nitrogens with one attached hydrogen (secondary N) is 1. The van der Waals surface area contributed by atoms with E-state index in [9.17, 15) is 5.11 Å². The van der Waals surface area contributed by atoms with E-state index in [0.717, 1.165) is 28.1 Å². The van der Waals surface area contributed by atoms with Gasteiger partial charge in [-0.3, -0.25) is 9.08 Å². The van der Waals surface area contributed by atoms with Gasteiger partial charge in [0.15, 0.2) is 5.65 Å². The second-order valence-electron chi connectivity index (χ2n) is 10.1. The van der Waals surface area contributed by atoms with E-state index >= 15 is 0 Å². The molecule has 208 valence electrons. The first-order chi connectivity index (χ1) is 18.7. The van der Waals surface area contributed by atoms with Crippen molar-refractivity contribution in [1.82, 2.24) is 39.2 Å². The van der Waals surface area contributed by atoms with Gasteiger partial charge < -0.3 is 24.6 Å². The van der Waals surface area contributed by atoms with Crippen molar-refractivity contribution in [2.75, 3.05) is 13.7 Å². The topological polar surface area (TPSA) is 126 Å². The fraction of sp³-hybridized carbons (Fsp3) is 0.481. The molecule has 0 fully saturated rings. The summed E-state index contributed by atoms with van der Waals surface area (Å²) < 4.78 is 23.5. The van der Waals surface area contributed by atoms with Gasteiger partial charge in [-0.15, -0.1) is 5.10 Å². The van der Waals surface area contributed by atoms with Crippen molar-refractivity contribution < 1.29 is 19.3 Å². The van der Waals surface area contributed by atoms with Gasteiger partial charge in [-0.2, -0.15) is 5.10 Å². The number of methoxy groups -OCH3 is 1. The number of aromatic nitrogens is 7. The lowest BCUT2D eigenvalue weighted by Gasteiger charge is -2.18. The molecule has 12 heteroatoms. The van der Waals surface area contributed by atoms with Crippen LogP contribution in [0.25, 0.3) is 28.9 Å². The van der Waals surface area contributed by atoms with Gasteiger partial charge in [0.25, 0.3) is 0 Å². The van der Waals surface area contributed by atoms with Gasteiger partial charge in [0.1, 0.15) is 17.6 Å². The number of ether oxygens (including phenoxy) is 3. The standard InChI is InChI=1S/C27H36N8O4/c1-16(2)38-26-20-7-8-23-30-12-24-29-10-19(14-34(23)24)25-21(15-37-6)31-33(5)27(25)39-18(4)9-28-11-22(20)35(32-26)13-17(3)36/h7-8,10,12,14,16-18,28,36H,9,11,13,15H2,1-6H3/b8-7+/t17-,18-/m0/s1. The number of aryl methyl sites for hydroxylation is 1. The molecular formula is C27H36N8O4. The third-order valence-corrected chi connectivity index (χ3v) is 6.33. The van der Waals surface area contributed by atoms with Gasteiger partial charge >= 0.3 is 0 Å². The van der Waals surface area contributed by atoms with E-state index in [1.54, 1.807) is 35.8 Å². The third kappa shape index (κ3) is 5.54. The molecule has 1 aliphatic heterocycles. The zero-order valence-electron chi connectivity index (χ0n) is 23.2. The Bertz CT molecular complexity index is 1480. The molecule has 0 amide bonds. The molecule has 5 heterocycles. The number of hydrogen-bond acceptors (Lipinski definition) is 9. The summed E-state index contributed by atoms with van der Waals surface area (Å²) in [5.74, 6) is 1.84. The highest BCUT2D eigenvalue weighted by Crippen LogP contribution is 2.34. The van der Waals surface area contributed by atoms with Crippen LogP contribution in [0.4, 0.5) is 0 Å². The lowest BCUT2D eigenvalue weighted by molar-refractivity contribution is 0.164. The summed E-state index contributed by atoms with van der Waals surface area (Å²) in [6, 6.07) is 0. The first kappa shape index (κ1) is 26.9. The Morgan fingerprint density at radius 3 is 2.74 bits per heavy atom. The summed E-state index contributed by atoms with van der Waals surface area (Å²) >= 11 is 0. The van der Waals surface area contributed by atoms with Crippen molar-refractivity contribution >= 4 is 17.8 Å². The predicted octanol–water partition coefficient (Wildman–Crippen LogP) is 2.68. The predicted molar refractivity (Wildman–Crippen MR) is 146 cm³/mol. The molecule has 5 rings (SSSR count). The van der Waals surface area contributed by atoms with Crippen LogP contribution in [0.3, 0.4) is 0 Å². The molecule has 0 aliphatic carbocycles. The van der Waals surface area contributed by atoms with Crippen LogP contribution in [0.5, 0.6) is 11.8 Å². The molecule has 4 aromatic rings. The number of aliphatic hydroxyl groups excluding tert-OH is 1. The zero-order valence-corrected chi connectivity index (χ0v) is 23.2. The van der Waals surface area contributed by atoms with Crippen LogP contribution in [0, 0.1) is 0 Å². The molecule has 0 spiro atoms. The third-order valence-electron chi connectivity index (χ3n) is 6.33. The summed E-state index contributed by atoms with van der Waals surface area (Å²) in [6.45, 7) is 9.41. The van der Waals surface area contributed by atoms with E-state index < -0.39 is 6.10 Å². The fourth-order valence-electron chi connectivity index (χ4n) is 4.71. The second-order valence-corrected chi connectivity index (χ2v) is 10.1. The van der Waals surface area contributed by atoms with Crippen LogP contribution >= 0.6 is 0 Å². The smallest absolute Gasteiger partial charge is 0.240 e. The number of rotatable bonds is 6. The highest BCUT2D eigenvalue weighted by Gasteiger charge is 2.24. The van der Waals surface area contributed by atoms with E-state index in [1.807, 2.05) is 50.6 Å². The molecule has 0 saturated heterocycles. The van der Waals surface area contributed by atoms with Crippen molar-refractivity contribution in [2.45, 2.75) is 65.7 Å². The second kappa shape index (κ2) is 11.2. The van der Waals surface area contributed by atoms with Crippen molar-refractivity contribution in [3.8, 4) is 22.9 Å². The maximum Gasteiger partial charge on any atom is 0.240 e. The number of fused-ring (bicyclic) bond motifs is 4. The number of nitrogens with zero attached hydrogens (tertiary/aromatic N) is 7. The summed E-state index contributed by atoms with van der Waals surface area (Å²) in [4.78, 5) is 9.27. The van der Waals surface area contributed by atoms with Gasteiger partial charge in [-0.05, 0) is 39.8 Å². The Morgan fingerprint density at radius 1 is 1.18 bits per heavy atom. The van der Waals surface area contributed by atoms with Crippen LogP contribution in [0.1, 0.15) is 50.5 Å². The van der Waals surface area contributed by atoms with Crippen molar-refractivity contribution in [2.24, 2.45) is 7.05 Å². The monoisotopic (exact) mass is 536 g/mol. The summed E-state index contributed by atoms with van der Waals surface area (Å²) in [5.41, 5.74) is 4.88. The Hall–Kier alpha value is -3.74. The quantitative estimate of drug-likeness (QED) is 0.382. The van der Waals surface area contributed by atoms with Crippen LogP contribution in [0.2, 0.25) is 0 Å². The average Bonchev–Trinajstić information content (AvgIpc) is 3.50. The minimum absolute atomic E-state index is 0.0668. The van der Waals surface area contributed by atoms with Gasteiger partial charge in [0.2, 0.25) is 11.8 Å². The van der Waals surface area contributed by atoms with Crippen LogP contribution in [0.15, 0.2) is 18.6 Å². The van der Waals surface area contributed by atoms with E-state index in [0.29, 0.717) is 49.5 Å². The Balaban J connectivity index is 1.68. The molecule has 0 unspecified atom stereocenters. The lowest BCUT2D eigenvalue weighted by atomic mass is 10.1. The molecule has 12 nitrogen and oxygen atoms in total. The van der Waals surface area contributed by atoms with Crippen LogP contribution in [-0.2, 0) is 31.5 Å². The Kier molecular flexibility index (Phi) is 7.69. The minimum Gasteiger partial charge on any atom is -0.473 e. The Labute approximate surface area is 227 Å². The first-order valence-electron chi connectivity index (χ1n) is 13.1. The summed E-state index contributed by atoms with van der Waals surface area (Å²) in [6.07, 6.45) is 8.60. The average molecular weight is 537 g/mol. The highest BCUT2D eigenvalue weighted by atomic mass is 16.5. The Morgan fingerprint density at radius 2 is 2.00 bits per heavy atom. The minimum atomic E-state index is -0.575. The van der Waals surface area contributed by atoms with Crippen LogP contribution in [-0.4, -0.2) is 71.0 Å². The van der Waals surface area contributed by atoms with Gasteiger partial charge in [-0.1, -0.05) is 0 Å². The van der Waals surface area contributed by atoms with Crippen molar-refractivity contribution in [1.29, 1.82) is 0 Å². The molecule has 0 saturated carbocycles. The largest absolute Gasteiger partial charge is 0.473 e. The van der Waals surface area contributed by atoms with E-state index in [2.05, 4.69) is 20.4 Å². The first-order valence-corrected chi connectivity index (χ1v) is 13.1.